The summed E-state index contributed by atoms with van der Waals surface area (Å²) < 4.78 is 0. The SMILES string of the molecule is Cc1cc(CNc2cc(C)nc(N)n2)cc(C)n1. The highest BCUT2D eigenvalue weighted by Gasteiger charge is 2.01. The molecule has 0 unspecified atom stereocenters. The van der Waals surface area contributed by atoms with Crippen LogP contribution in [-0.2, 0) is 6.54 Å². The molecule has 0 bridgehead atoms. The Balaban J connectivity index is 2.11. The number of anilines is 2. The molecule has 0 aliphatic heterocycles. The molecule has 5 nitrogen and oxygen atoms in total. The molecule has 2 aromatic rings. The Kier molecular flexibility index (Phi) is 3.41. The number of nitrogen functional groups attached to an aromatic ring is 1. The zero-order valence-corrected chi connectivity index (χ0v) is 10.9. The third-order valence-corrected chi connectivity index (χ3v) is 2.49. The van der Waals surface area contributed by atoms with Crippen molar-refractivity contribution < 1.29 is 0 Å². The lowest BCUT2D eigenvalue weighted by Crippen LogP contribution is -2.06. The first-order chi connectivity index (χ1) is 8.52. The molecule has 2 rings (SSSR count). The van der Waals surface area contributed by atoms with Crippen molar-refractivity contribution in [2.24, 2.45) is 0 Å². The molecule has 0 aliphatic rings. The third-order valence-electron chi connectivity index (χ3n) is 2.49. The van der Waals surface area contributed by atoms with Crippen LogP contribution in [0.25, 0.3) is 0 Å². The Hall–Kier alpha value is -2.17. The quantitative estimate of drug-likeness (QED) is 0.862. The van der Waals surface area contributed by atoms with Gasteiger partial charge in [-0.2, -0.15) is 4.98 Å². The molecule has 3 N–H and O–H groups in total. The van der Waals surface area contributed by atoms with Crippen molar-refractivity contribution >= 4 is 11.8 Å². The van der Waals surface area contributed by atoms with Gasteiger partial charge < -0.3 is 11.1 Å². The van der Waals surface area contributed by atoms with Gasteiger partial charge in [0.15, 0.2) is 0 Å². The molecule has 0 saturated heterocycles. The molecule has 94 valence electrons. The topological polar surface area (TPSA) is 76.7 Å². The number of aromatic nitrogens is 3. The van der Waals surface area contributed by atoms with Crippen LogP contribution in [0.3, 0.4) is 0 Å². The minimum absolute atomic E-state index is 0.291. The molecule has 5 heteroatoms. The first kappa shape index (κ1) is 12.3. The van der Waals surface area contributed by atoms with Gasteiger partial charge in [0.25, 0.3) is 0 Å². The summed E-state index contributed by atoms with van der Waals surface area (Å²) in [5.74, 6) is 1.03. The fraction of sp³-hybridized carbons (Fsp3) is 0.308. The molecule has 0 fully saturated rings. The van der Waals surface area contributed by atoms with Crippen LogP contribution in [-0.4, -0.2) is 15.0 Å². The van der Waals surface area contributed by atoms with E-state index in [2.05, 4.69) is 32.4 Å². The number of hydrogen-bond donors (Lipinski definition) is 2. The van der Waals surface area contributed by atoms with E-state index in [-0.39, 0.29) is 0 Å². The van der Waals surface area contributed by atoms with Gasteiger partial charge in [0.05, 0.1) is 0 Å². The van der Waals surface area contributed by atoms with Crippen molar-refractivity contribution in [3.05, 3.63) is 40.8 Å². The van der Waals surface area contributed by atoms with E-state index < -0.39 is 0 Å². The lowest BCUT2D eigenvalue weighted by atomic mass is 10.2. The normalized spacial score (nSPS) is 10.4. The predicted octanol–water partition coefficient (Wildman–Crippen LogP) is 1.99. The zero-order chi connectivity index (χ0) is 13.1. The van der Waals surface area contributed by atoms with Crippen molar-refractivity contribution in [3.63, 3.8) is 0 Å². The van der Waals surface area contributed by atoms with Crippen LogP contribution in [0.15, 0.2) is 18.2 Å². The van der Waals surface area contributed by atoms with Crippen molar-refractivity contribution in [2.45, 2.75) is 27.3 Å². The summed E-state index contributed by atoms with van der Waals surface area (Å²) in [6, 6.07) is 5.98. The van der Waals surface area contributed by atoms with Crippen LogP contribution in [0.1, 0.15) is 22.6 Å². The van der Waals surface area contributed by atoms with Crippen molar-refractivity contribution in [3.8, 4) is 0 Å². The highest BCUT2D eigenvalue weighted by molar-refractivity contribution is 5.41. The summed E-state index contributed by atoms with van der Waals surface area (Å²) in [5, 5.41) is 3.24. The summed E-state index contributed by atoms with van der Waals surface area (Å²) in [5.41, 5.74) is 9.67. The van der Waals surface area contributed by atoms with E-state index in [1.807, 2.05) is 26.8 Å². The fourth-order valence-corrected chi connectivity index (χ4v) is 1.90. The second-order valence-electron chi connectivity index (χ2n) is 4.36. The Morgan fingerprint density at radius 3 is 2.17 bits per heavy atom. The number of nitrogens with two attached hydrogens (primary N) is 1. The Morgan fingerprint density at radius 1 is 0.944 bits per heavy atom. The third kappa shape index (κ3) is 3.16. The Bertz CT molecular complexity index is 473. The van der Waals surface area contributed by atoms with E-state index in [9.17, 15) is 0 Å². The smallest absolute Gasteiger partial charge is 0.222 e. The van der Waals surface area contributed by atoms with E-state index in [0.29, 0.717) is 12.5 Å². The van der Waals surface area contributed by atoms with E-state index in [1.54, 1.807) is 0 Å². The van der Waals surface area contributed by atoms with E-state index in [0.717, 1.165) is 22.9 Å². The standard InChI is InChI=1S/C13H17N5/c1-8-4-11(5-9(2)16-8)7-15-12-6-10(3)17-13(14)18-12/h4-6H,7H2,1-3H3,(H3,14,15,17,18). The maximum atomic E-state index is 5.60. The summed E-state index contributed by atoms with van der Waals surface area (Å²) in [6.45, 7) is 6.57. The van der Waals surface area contributed by atoms with E-state index in [1.165, 1.54) is 5.56 Å². The highest BCUT2D eigenvalue weighted by Crippen LogP contribution is 2.10. The summed E-state index contributed by atoms with van der Waals surface area (Å²) in [7, 11) is 0. The number of pyridine rings is 1. The average Bonchev–Trinajstić information content (AvgIpc) is 2.23. The number of nitrogens with one attached hydrogen (secondary N) is 1. The van der Waals surface area contributed by atoms with Gasteiger partial charge in [-0.15, -0.1) is 0 Å². The second kappa shape index (κ2) is 5.00. The van der Waals surface area contributed by atoms with Gasteiger partial charge >= 0.3 is 0 Å². The molecule has 0 radical (unpaired) electrons. The van der Waals surface area contributed by atoms with Gasteiger partial charge in [-0.25, -0.2) is 4.98 Å². The maximum absolute atomic E-state index is 5.60. The van der Waals surface area contributed by atoms with Crippen molar-refractivity contribution in [1.29, 1.82) is 0 Å². The van der Waals surface area contributed by atoms with Gasteiger partial charge in [0, 0.05) is 29.7 Å². The van der Waals surface area contributed by atoms with Crippen LogP contribution in [0.2, 0.25) is 0 Å². The minimum Gasteiger partial charge on any atom is -0.368 e. The van der Waals surface area contributed by atoms with Crippen LogP contribution in [0.4, 0.5) is 11.8 Å². The first-order valence-electron chi connectivity index (χ1n) is 5.82. The van der Waals surface area contributed by atoms with Crippen LogP contribution < -0.4 is 11.1 Å². The molecular weight excluding hydrogens is 226 g/mol. The first-order valence-corrected chi connectivity index (χ1v) is 5.82. The molecule has 18 heavy (non-hydrogen) atoms. The van der Waals surface area contributed by atoms with E-state index in [4.69, 9.17) is 5.73 Å². The zero-order valence-electron chi connectivity index (χ0n) is 10.9. The molecular formula is C13H17N5. The fourth-order valence-electron chi connectivity index (χ4n) is 1.90. The number of nitrogens with zero attached hydrogens (tertiary/aromatic N) is 3. The minimum atomic E-state index is 0.291. The van der Waals surface area contributed by atoms with Gasteiger partial charge in [-0.3, -0.25) is 4.98 Å². The predicted molar refractivity (Wildman–Crippen MR) is 72.2 cm³/mol. The summed E-state index contributed by atoms with van der Waals surface area (Å²) >= 11 is 0. The lowest BCUT2D eigenvalue weighted by molar-refractivity contribution is 1.03. The monoisotopic (exact) mass is 243 g/mol. The van der Waals surface area contributed by atoms with Crippen molar-refractivity contribution in [2.75, 3.05) is 11.1 Å². The second-order valence-corrected chi connectivity index (χ2v) is 4.36. The maximum Gasteiger partial charge on any atom is 0.222 e. The van der Waals surface area contributed by atoms with Gasteiger partial charge in [0.2, 0.25) is 5.95 Å². The molecule has 0 saturated carbocycles. The molecule has 2 aromatic heterocycles. The van der Waals surface area contributed by atoms with Gasteiger partial charge in [-0.05, 0) is 38.5 Å². The molecule has 0 aromatic carbocycles. The number of rotatable bonds is 3. The lowest BCUT2D eigenvalue weighted by Gasteiger charge is -2.08. The highest BCUT2D eigenvalue weighted by atomic mass is 15.1. The molecule has 0 atom stereocenters. The van der Waals surface area contributed by atoms with E-state index >= 15 is 0 Å². The van der Waals surface area contributed by atoms with Crippen LogP contribution in [0.5, 0.6) is 0 Å². The largest absolute Gasteiger partial charge is 0.368 e. The Labute approximate surface area is 106 Å². The summed E-state index contributed by atoms with van der Waals surface area (Å²) in [6.07, 6.45) is 0. The van der Waals surface area contributed by atoms with Crippen LogP contribution in [0, 0.1) is 20.8 Å². The number of hydrogen-bond acceptors (Lipinski definition) is 5. The van der Waals surface area contributed by atoms with Crippen molar-refractivity contribution in [1.82, 2.24) is 15.0 Å². The Morgan fingerprint density at radius 2 is 1.56 bits per heavy atom. The molecule has 0 aliphatic carbocycles. The number of aryl methyl sites for hydroxylation is 3. The summed E-state index contributed by atoms with van der Waals surface area (Å²) in [4.78, 5) is 12.5. The average molecular weight is 243 g/mol. The van der Waals surface area contributed by atoms with Gasteiger partial charge in [0.1, 0.15) is 5.82 Å². The molecule has 2 heterocycles. The molecule has 0 spiro atoms. The van der Waals surface area contributed by atoms with Crippen LogP contribution >= 0.6 is 0 Å². The molecule has 0 amide bonds. The van der Waals surface area contributed by atoms with Gasteiger partial charge in [-0.1, -0.05) is 0 Å².